The Bertz CT molecular complexity index is 2290. The molecule has 6 rings (SSSR count). The maximum absolute atomic E-state index is 12.8. The molecule has 4 N–H and O–H groups in total. The van der Waals surface area contributed by atoms with E-state index in [1.165, 1.54) is 12.1 Å². The summed E-state index contributed by atoms with van der Waals surface area (Å²) in [4.78, 5) is 12.9. The number of anilines is 1. The number of carboxylic acids is 1. The first-order valence-electron chi connectivity index (χ1n) is 18.0. The number of benzene rings is 2. The molecule has 0 amide bonds. The zero-order chi connectivity index (χ0) is 38.6. The van der Waals surface area contributed by atoms with Crippen LogP contribution in [0.1, 0.15) is 100 Å². The van der Waals surface area contributed by atoms with E-state index in [1.807, 2.05) is 32.1 Å². The van der Waals surface area contributed by atoms with Gasteiger partial charge < -0.3 is 10.0 Å². The van der Waals surface area contributed by atoms with Crippen molar-refractivity contribution in [2.75, 3.05) is 23.7 Å². The quantitative estimate of drug-likeness (QED) is 0.0887. The van der Waals surface area contributed by atoms with E-state index in [4.69, 9.17) is 5.11 Å². The van der Waals surface area contributed by atoms with Gasteiger partial charge >= 0.3 is 35.5 Å². The summed E-state index contributed by atoms with van der Waals surface area (Å²) in [5.74, 6) is -1.33. The van der Waals surface area contributed by atoms with Crippen LogP contribution < -0.4 is 34.5 Å². The molecule has 0 spiro atoms. The van der Waals surface area contributed by atoms with Crippen molar-refractivity contribution in [1.82, 2.24) is 0 Å². The number of unbranched alkanes of at least 4 members (excludes halogenated alkanes) is 3. The molecule has 0 aromatic heterocycles. The van der Waals surface area contributed by atoms with Crippen LogP contribution in [0.3, 0.4) is 0 Å². The summed E-state index contributed by atoms with van der Waals surface area (Å²) in [5, 5.41) is 9.16. The molecule has 2 unspecified atom stereocenters. The Balaban J connectivity index is 0.00000561. The van der Waals surface area contributed by atoms with Crippen molar-refractivity contribution in [3.63, 3.8) is 0 Å². The first-order chi connectivity index (χ1) is 24.8. The molecule has 13 nitrogen and oxygen atoms in total. The fourth-order valence-corrected chi connectivity index (χ4v) is 11.3. The third-order valence-corrected chi connectivity index (χ3v) is 14.0. The number of carboxylic acid groups (broad SMARTS) is 1. The van der Waals surface area contributed by atoms with Crippen LogP contribution in [-0.2, 0) is 58.8 Å². The van der Waals surface area contributed by atoms with Crippen molar-refractivity contribution in [3.05, 3.63) is 70.4 Å². The number of aryl methyl sites for hydroxylation is 2. The first-order valence-corrected chi connectivity index (χ1v) is 22.5. The second-order valence-electron chi connectivity index (χ2n) is 15.0. The number of allylic oxidation sites excluding steroid dienone is 4. The predicted molar refractivity (Wildman–Crippen MR) is 199 cm³/mol. The standard InChI is InChI=1S/C37H46N2O11S3.Na/c1-36(20-5-3-4-15-31(40)41)29(38-22-9-11-25-16-18-27(52(45,46)47)32(36)34(25)38)13-8-14-30-37(2,21-6-7-24-51(42,43)44)33-28(53(48,49)50)19-17-26-12-10-23-39(30)35(26)33;/h8,13-14,16-19H,3-7,9-12,15,20-24H2,1-2H3,(H3-,40,41,42,43,44,45,46,47,48,49,50);/q;+1/p+1. The van der Waals surface area contributed by atoms with Crippen LogP contribution in [0, 0.1) is 0 Å². The minimum absolute atomic E-state index is 0. The Morgan fingerprint density at radius 1 is 0.815 bits per heavy atom. The molecule has 288 valence electrons. The predicted octanol–water partition coefficient (Wildman–Crippen LogP) is 2.74. The van der Waals surface area contributed by atoms with Gasteiger partial charge in [0.1, 0.15) is 16.3 Å². The third-order valence-electron chi connectivity index (χ3n) is 11.4. The molecule has 2 atom stereocenters. The van der Waals surface area contributed by atoms with Crippen molar-refractivity contribution in [2.45, 2.75) is 112 Å². The molecule has 0 saturated carbocycles. The van der Waals surface area contributed by atoms with E-state index in [9.17, 15) is 43.7 Å². The molecule has 0 saturated heterocycles. The number of rotatable bonds is 15. The van der Waals surface area contributed by atoms with Crippen LogP contribution in [0.15, 0.2) is 58.0 Å². The van der Waals surface area contributed by atoms with Gasteiger partial charge in [0, 0.05) is 53.4 Å². The zero-order valence-corrected chi connectivity index (χ0v) is 35.4. The summed E-state index contributed by atoms with van der Waals surface area (Å²) in [6, 6.07) is 6.37. The summed E-state index contributed by atoms with van der Waals surface area (Å²) in [5.41, 5.74) is 4.11. The first kappa shape index (κ1) is 42.7. The van der Waals surface area contributed by atoms with Gasteiger partial charge in [-0.15, -0.1) is 0 Å². The molecule has 0 aliphatic carbocycles. The Morgan fingerprint density at radius 2 is 1.43 bits per heavy atom. The van der Waals surface area contributed by atoms with Crippen LogP contribution in [0.2, 0.25) is 0 Å². The molecule has 17 heteroatoms. The van der Waals surface area contributed by atoms with E-state index in [-0.39, 0.29) is 52.2 Å². The fourth-order valence-electron chi connectivity index (χ4n) is 9.14. The molecule has 0 radical (unpaired) electrons. The Hall–Kier alpha value is -2.41. The summed E-state index contributed by atoms with van der Waals surface area (Å²) in [6.45, 7) is 5.04. The monoisotopic (exact) mass is 814 g/mol. The molecular weight excluding hydrogens is 768 g/mol. The number of hydrogen-bond acceptors (Lipinski definition) is 8. The van der Waals surface area contributed by atoms with Crippen LogP contribution in [0.4, 0.5) is 11.4 Å². The smallest absolute Gasteiger partial charge is 0.481 e. The third kappa shape index (κ3) is 8.19. The Kier molecular flexibility index (Phi) is 12.5. The van der Waals surface area contributed by atoms with Gasteiger partial charge in [0.25, 0.3) is 30.4 Å². The average molecular weight is 815 g/mol. The van der Waals surface area contributed by atoms with E-state index in [2.05, 4.69) is 9.48 Å². The summed E-state index contributed by atoms with van der Waals surface area (Å²) in [7, 11) is -13.5. The van der Waals surface area contributed by atoms with Gasteiger partial charge in [-0.2, -0.15) is 29.8 Å². The number of carbonyl (C=O) groups is 1. The number of aliphatic carboxylic acids is 1. The largest absolute Gasteiger partial charge is 1.00 e. The van der Waals surface area contributed by atoms with Crippen molar-refractivity contribution in [2.24, 2.45) is 0 Å². The van der Waals surface area contributed by atoms with Gasteiger partial charge in [-0.25, -0.2) is 0 Å². The van der Waals surface area contributed by atoms with Crippen molar-refractivity contribution < 1.29 is 82.9 Å². The van der Waals surface area contributed by atoms with Crippen LogP contribution in [0.5, 0.6) is 0 Å². The normalized spacial score (nSPS) is 22.8. The molecule has 4 aliphatic heterocycles. The van der Waals surface area contributed by atoms with Crippen molar-refractivity contribution in [1.29, 1.82) is 0 Å². The van der Waals surface area contributed by atoms with E-state index in [0.717, 1.165) is 47.5 Å². The van der Waals surface area contributed by atoms with Crippen molar-refractivity contribution in [3.8, 4) is 0 Å². The van der Waals surface area contributed by atoms with Gasteiger partial charge in [-0.3, -0.25) is 18.5 Å². The Morgan fingerprint density at radius 3 is 2.07 bits per heavy atom. The van der Waals surface area contributed by atoms with E-state index in [0.29, 0.717) is 74.8 Å². The van der Waals surface area contributed by atoms with Gasteiger partial charge in [0.2, 0.25) is 5.69 Å². The van der Waals surface area contributed by atoms with Crippen LogP contribution >= 0.6 is 0 Å². The minimum Gasteiger partial charge on any atom is -0.481 e. The van der Waals surface area contributed by atoms with E-state index in [1.54, 1.807) is 12.1 Å². The fraction of sp³-hybridized carbons (Fsp3) is 0.514. The SMILES string of the molecule is CC1(CCCCCC(=O)O)C(/C=C/C=C2\N3CCCc4ccc(S(=O)(=O)O)c(c43)C2(C)CCCCS(=O)(=O)O)=[N+]2CCCc3ccc(S(=O)(=O)O)c1c32.[Na+]. The molecule has 4 heterocycles. The van der Waals surface area contributed by atoms with Gasteiger partial charge in [0.05, 0.1) is 16.7 Å². The van der Waals surface area contributed by atoms with Crippen LogP contribution in [-0.4, -0.2) is 79.1 Å². The molecule has 54 heavy (non-hydrogen) atoms. The average Bonchev–Trinajstić information content (AvgIpc) is 3.45. The maximum atomic E-state index is 12.8. The molecule has 0 fully saturated rings. The van der Waals surface area contributed by atoms with Crippen molar-refractivity contribution >= 4 is 53.4 Å². The molecule has 4 aliphatic rings. The topological polar surface area (TPSA) is 207 Å². The minimum atomic E-state index is -4.64. The number of hydrogen-bond donors (Lipinski definition) is 4. The molecule has 0 bridgehead atoms. The second-order valence-corrected chi connectivity index (χ2v) is 19.4. The maximum Gasteiger partial charge on any atom is 1.00 e. The van der Waals surface area contributed by atoms with E-state index < -0.39 is 52.9 Å². The summed E-state index contributed by atoms with van der Waals surface area (Å²) in [6.07, 6.45) is 11.8. The van der Waals surface area contributed by atoms with Gasteiger partial charge in [-0.05, 0) is 82.6 Å². The van der Waals surface area contributed by atoms with E-state index >= 15 is 0 Å². The Labute approximate surface area is 339 Å². The second kappa shape index (κ2) is 15.9. The summed E-state index contributed by atoms with van der Waals surface area (Å²) >= 11 is 0. The summed E-state index contributed by atoms with van der Waals surface area (Å²) < 4.78 is 107. The van der Waals surface area contributed by atoms with Crippen LogP contribution in [0.25, 0.3) is 0 Å². The number of nitrogens with zero attached hydrogens (tertiary/aromatic N) is 2. The molecule has 2 aromatic carbocycles. The molecule has 2 aromatic rings. The van der Waals surface area contributed by atoms with Gasteiger partial charge in [-0.1, -0.05) is 37.5 Å². The zero-order valence-electron chi connectivity index (χ0n) is 30.9. The molecular formula is C37H47N2NaO11S3+2. The van der Waals surface area contributed by atoms with Gasteiger partial charge in [0.15, 0.2) is 5.71 Å².